The van der Waals surface area contributed by atoms with Gasteiger partial charge in [-0.05, 0) is 62.7 Å². The Kier molecular flexibility index (Phi) is 8.39. The van der Waals surface area contributed by atoms with Crippen LogP contribution < -0.4 is 9.46 Å². The molecule has 7 nitrogen and oxygen atoms in total. The van der Waals surface area contributed by atoms with Crippen molar-refractivity contribution in [2.24, 2.45) is 0 Å². The highest BCUT2D eigenvalue weighted by molar-refractivity contribution is 7.89. The van der Waals surface area contributed by atoms with Gasteiger partial charge in [0.25, 0.3) is 0 Å². The molecule has 0 bridgehead atoms. The first-order valence-electron chi connectivity index (χ1n) is 11.6. The summed E-state index contributed by atoms with van der Waals surface area (Å²) in [7, 11) is -3.74. The van der Waals surface area contributed by atoms with E-state index < -0.39 is 10.0 Å². The van der Waals surface area contributed by atoms with Crippen molar-refractivity contribution in [2.45, 2.75) is 30.8 Å². The zero-order valence-electron chi connectivity index (χ0n) is 19.4. The molecule has 2 aromatic carbocycles. The molecule has 0 amide bonds. The quantitative estimate of drug-likeness (QED) is 0.446. The summed E-state index contributed by atoms with van der Waals surface area (Å²) in [6.07, 6.45) is 3.22. The van der Waals surface area contributed by atoms with Crippen LogP contribution in [0.5, 0.6) is 5.75 Å². The SMILES string of the molecule is CC(NS(=O)(=O)c1ccc(Cl)c2ncccc12)N1CCCN(CCCOc2ccccc2)CC1. The number of ether oxygens (including phenoxy) is 1. The molecule has 0 spiro atoms. The van der Waals surface area contributed by atoms with E-state index in [2.05, 4.69) is 19.5 Å². The van der Waals surface area contributed by atoms with Gasteiger partial charge in [0.1, 0.15) is 5.75 Å². The van der Waals surface area contributed by atoms with E-state index in [1.165, 1.54) is 0 Å². The molecule has 4 rings (SSSR count). The van der Waals surface area contributed by atoms with E-state index >= 15 is 0 Å². The Bertz CT molecular complexity index is 1190. The van der Waals surface area contributed by atoms with E-state index in [9.17, 15) is 8.42 Å². The molecule has 0 radical (unpaired) electrons. The second-order valence-electron chi connectivity index (χ2n) is 8.49. The first-order valence-corrected chi connectivity index (χ1v) is 13.5. The van der Waals surface area contributed by atoms with E-state index in [1.54, 1.807) is 30.5 Å². The summed E-state index contributed by atoms with van der Waals surface area (Å²) in [6, 6.07) is 16.4. The van der Waals surface area contributed by atoms with E-state index in [-0.39, 0.29) is 11.1 Å². The average Bonchev–Trinajstić information content (AvgIpc) is 3.08. The predicted octanol–water partition coefficient (Wildman–Crippen LogP) is 3.99. The second kappa shape index (κ2) is 11.5. The molecule has 1 fully saturated rings. The van der Waals surface area contributed by atoms with Crippen LogP contribution in [0.3, 0.4) is 0 Å². The smallest absolute Gasteiger partial charge is 0.242 e. The minimum atomic E-state index is -3.74. The van der Waals surface area contributed by atoms with Crippen LogP contribution in [0.1, 0.15) is 19.8 Å². The van der Waals surface area contributed by atoms with Crippen molar-refractivity contribution in [3.05, 3.63) is 65.8 Å². The van der Waals surface area contributed by atoms with Gasteiger partial charge in [0, 0.05) is 37.8 Å². The van der Waals surface area contributed by atoms with Crippen molar-refractivity contribution in [3.8, 4) is 5.75 Å². The van der Waals surface area contributed by atoms with Crippen molar-refractivity contribution < 1.29 is 13.2 Å². The number of hydrogen-bond donors (Lipinski definition) is 1. The van der Waals surface area contributed by atoms with Gasteiger partial charge in [-0.15, -0.1) is 0 Å². The number of benzene rings is 2. The van der Waals surface area contributed by atoms with Crippen LogP contribution in [0.4, 0.5) is 0 Å². The normalized spacial score (nSPS) is 16.9. The van der Waals surface area contributed by atoms with Crippen molar-refractivity contribution in [1.29, 1.82) is 0 Å². The third-order valence-corrected chi connectivity index (χ3v) is 7.99. The van der Waals surface area contributed by atoms with Crippen LogP contribution in [0.15, 0.2) is 65.7 Å². The maximum atomic E-state index is 13.2. The molecule has 1 aromatic heterocycles. The molecule has 1 N–H and O–H groups in total. The minimum absolute atomic E-state index is 0.196. The summed E-state index contributed by atoms with van der Waals surface area (Å²) in [5, 5.41) is 0.957. The lowest BCUT2D eigenvalue weighted by Gasteiger charge is -2.28. The fourth-order valence-corrected chi connectivity index (χ4v) is 5.95. The van der Waals surface area contributed by atoms with Crippen LogP contribution in [-0.4, -0.2) is 68.7 Å². The summed E-state index contributed by atoms with van der Waals surface area (Å²) < 4.78 is 35.1. The molecule has 1 unspecified atom stereocenters. The van der Waals surface area contributed by atoms with Gasteiger partial charge in [-0.3, -0.25) is 9.88 Å². The minimum Gasteiger partial charge on any atom is -0.494 e. The van der Waals surface area contributed by atoms with Crippen LogP contribution in [0.2, 0.25) is 5.02 Å². The number of fused-ring (bicyclic) bond motifs is 1. The van der Waals surface area contributed by atoms with Gasteiger partial charge in [-0.2, -0.15) is 4.72 Å². The summed E-state index contributed by atoms with van der Waals surface area (Å²) in [4.78, 5) is 9.05. The van der Waals surface area contributed by atoms with Crippen molar-refractivity contribution in [1.82, 2.24) is 19.5 Å². The molecule has 9 heteroatoms. The summed E-state index contributed by atoms with van der Waals surface area (Å²) in [6.45, 7) is 7.07. The molecule has 182 valence electrons. The fraction of sp³-hybridized carbons (Fsp3) is 0.400. The number of rotatable bonds is 9. The fourth-order valence-electron chi connectivity index (χ4n) is 4.31. The molecule has 34 heavy (non-hydrogen) atoms. The van der Waals surface area contributed by atoms with Gasteiger partial charge in [-0.1, -0.05) is 29.8 Å². The van der Waals surface area contributed by atoms with Gasteiger partial charge < -0.3 is 9.64 Å². The predicted molar refractivity (Wildman–Crippen MR) is 136 cm³/mol. The van der Waals surface area contributed by atoms with Crippen LogP contribution in [0.25, 0.3) is 10.9 Å². The monoisotopic (exact) mass is 502 g/mol. The second-order valence-corrected chi connectivity index (χ2v) is 10.6. The lowest BCUT2D eigenvalue weighted by atomic mass is 10.2. The Morgan fingerprint density at radius 1 is 1.06 bits per heavy atom. The number of halogens is 1. The summed E-state index contributed by atoms with van der Waals surface area (Å²) in [5.41, 5.74) is 0.487. The Morgan fingerprint density at radius 2 is 1.88 bits per heavy atom. The molecule has 0 saturated carbocycles. The Morgan fingerprint density at radius 3 is 2.71 bits per heavy atom. The maximum Gasteiger partial charge on any atom is 0.242 e. The van der Waals surface area contributed by atoms with E-state index in [4.69, 9.17) is 16.3 Å². The number of nitrogens with one attached hydrogen (secondary N) is 1. The molecule has 2 heterocycles. The Balaban J connectivity index is 1.31. The molecule has 0 aliphatic carbocycles. The summed E-state index contributed by atoms with van der Waals surface area (Å²) >= 11 is 6.22. The molecule has 1 aliphatic heterocycles. The first kappa shape index (κ1) is 24.9. The zero-order valence-corrected chi connectivity index (χ0v) is 20.9. The molecule has 1 saturated heterocycles. The number of para-hydroxylation sites is 1. The van der Waals surface area contributed by atoms with Crippen LogP contribution in [-0.2, 0) is 10.0 Å². The van der Waals surface area contributed by atoms with Gasteiger partial charge in [0.05, 0.1) is 28.2 Å². The highest BCUT2D eigenvalue weighted by Gasteiger charge is 2.25. The van der Waals surface area contributed by atoms with Crippen LogP contribution in [0, 0.1) is 0 Å². The van der Waals surface area contributed by atoms with E-state index in [1.807, 2.05) is 37.3 Å². The van der Waals surface area contributed by atoms with E-state index in [0.29, 0.717) is 22.5 Å². The van der Waals surface area contributed by atoms with Gasteiger partial charge >= 0.3 is 0 Å². The lowest BCUT2D eigenvalue weighted by molar-refractivity contribution is 0.195. The van der Waals surface area contributed by atoms with Gasteiger partial charge in [-0.25, -0.2) is 8.42 Å². The number of pyridine rings is 1. The Labute approximate surface area is 206 Å². The number of hydrogen-bond acceptors (Lipinski definition) is 6. The van der Waals surface area contributed by atoms with Crippen molar-refractivity contribution in [2.75, 3.05) is 39.3 Å². The van der Waals surface area contributed by atoms with Crippen LogP contribution >= 0.6 is 11.6 Å². The lowest BCUT2D eigenvalue weighted by Crippen LogP contribution is -2.47. The zero-order chi connectivity index (χ0) is 24.0. The van der Waals surface area contributed by atoms with Crippen molar-refractivity contribution in [3.63, 3.8) is 0 Å². The average molecular weight is 503 g/mol. The third-order valence-electron chi connectivity index (χ3n) is 6.10. The van der Waals surface area contributed by atoms with Gasteiger partial charge in [0.2, 0.25) is 10.0 Å². The highest BCUT2D eigenvalue weighted by Crippen LogP contribution is 2.27. The van der Waals surface area contributed by atoms with Gasteiger partial charge in [0.15, 0.2) is 0 Å². The standard InChI is InChI=1S/C25H31ClN4O3S/c1-20(28-34(31,32)24-12-11-23(26)25-22(24)10-5-13-27-25)30-16-6-14-29(17-18-30)15-7-19-33-21-8-3-2-4-9-21/h2-5,8-13,20,28H,6-7,14-19H2,1H3. The third kappa shape index (κ3) is 6.25. The molecule has 3 aromatic rings. The molecular weight excluding hydrogens is 472 g/mol. The first-order chi connectivity index (χ1) is 16.4. The largest absolute Gasteiger partial charge is 0.494 e. The number of nitrogens with zero attached hydrogens (tertiary/aromatic N) is 3. The highest BCUT2D eigenvalue weighted by atomic mass is 35.5. The Hall–Kier alpha value is -2.23. The number of aromatic nitrogens is 1. The summed E-state index contributed by atoms with van der Waals surface area (Å²) in [5.74, 6) is 0.898. The molecule has 1 aliphatic rings. The molecular formula is C25H31ClN4O3S. The van der Waals surface area contributed by atoms with E-state index in [0.717, 1.165) is 51.3 Å². The number of sulfonamides is 1. The topological polar surface area (TPSA) is 74.8 Å². The molecule has 1 atom stereocenters. The maximum absolute atomic E-state index is 13.2. The van der Waals surface area contributed by atoms with Crippen molar-refractivity contribution >= 4 is 32.5 Å².